The number of piperidine rings is 1. The molecule has 154 valence electrons. The molecule has 3 N–H and O–H groups in total. The summed E-state index contributed by atoms with van der Waals surface area (Å²) in [6, 6.07) is 15.4. The van der Waals surface area contributed by atoms with E-state index in [2.05, 4.69) is 11.4 Å². The zero-order valence-corrected chi connectivity index (χ0v) is 17.3. The minimum Gasteiger partial charge on any atom is -0.399 e. The van der Waals surface area contributed by atoms with Crippen LogP contribution in [-0.2, 0) is 11.2 Å². The lowest BCUT2D eigenvalue weighted by molar-refractivity contribution is -0.127. The summed E-state index contributed by atoms with van der Waals surface area (Å²) in [5.74, 6) is 0.138. The van der Waals surface area contributed by atoms with E-state index in [0.29, 0.717) is 31.5 Å². The molecule has 1 atom stereocenters. The Bertz CT molecular complexity index is 864. The normalized spacial score (nSPS) is 19.0. The lowest BCUT2D eigenvalue weighted by Crippen LogP contribution is -2.44. The summed E-state index contributed by atoms with van der Waals surface area (Å²) in [4.78, 5) is 27.3. The number of nitrogens with two attached hydrogens (primary N) is 1. The van der Waals surface area contributed by atoms with Gasteiger partial charge in [-0.15, -0.1) is 12.4 Å². The van der Waals surface area contributed by atoms with Crippen molar-refractivity contribution in [3.05, 3.63) is 65.2 Å². The second-order valence-corrected chi connectivity index (χ2v) is 7.84. The van der Waals surface area contributed by atoms with Gasteiger partial charge in [-0.25, -0.2) is 0 Å². The molecule has 0 bridgehead atoms. The van der Waals surface area contributed by atoms with Gasteiger partial charge in [0.05, 0.1) is 6.04 Å². The van der Waals surface area contributed by atoms with Crippen LogP contribution in [0.4, 0.5) is 5.69 Å². The Hall–Kier alpha value is -2.53. The van der Waals surface area contributed by atoms with E-state index < -0.39 is 0 Å². The topological polar surface area (TPSA) is 75.4 Å². The van der Waals surface area contributed by atoms with Gasteiger partial charge in [-0.05, 0) is 67.5 Å². The Morgan fingerprint density at radius 3 is 2.45 bits per heavy atom. The lowest BCUT2D eigenvalue weighted by Gasteiger charge is -2.33. The van der Waals surface area contributed by atoms with Crippen molar-refractivity contribution in [2.75, 3.05) is 18.8 Å². The number of carbonyl (C=O) groups excluding carboxylic acids is 2. The van der Waals surface area contributed by atoms with Gasteiger partial charge in [-0.3, -0.25) is 9.59 Å². The van der Waals surface area contributed by atoms with Crippen LogP contribution in [0.1, 0.15) is 53.2 Å². The standard InChI is InChI=1S/C23H27N3O2.ClH/c24-19-9-10-20-18(15-19)7-4-8-21(20)25-22(27)16-11-13-26(14-12-16)23(28)17-5-2-1-3-6-17;/h1-3,5-6,9-10,15-16,21H,4,7-8,11-14,24H2,(H,25,27);1H. The fourth-order valence-corrected chi connectivity index (χ4v) is 4.38. The number of fused-ring (bicyclic) bond motifs is 1. The molecule has 1 aliphatic heterocycles. The molecule has 0 aromatic heterocycles. The molecule has 4 rings (SSSR count). The molecule has 5 nitrogen and oxygen atoms in total. The number of nitrogen functional groups attached to an aromatic ring is 1. The zero-order valence-electron chi connectivity index (χ0n) is 16.5. The van der Waals surface area contributed by atoms with E-state index in [1.54, 1.807) is 0 Å². The van der Waals surface area contributed by atoms with Crippen molar-refractivity contribution in [1.29, 1.82) is 0 Å². The molecular weight excluding hydrogens is 386 g/mol. The highest BCUT2D eigenvalue weighted by atomic mass is 35.5. The number of benzene rings is 2. The van der Waals surface area contributed by atoms with Gasteiger partial charge >= 0.3 is 0 Å². The van der Waals surface area contributed by atoms with Crippen molar-refractivity contribution >= 4 is 29.9 Å². The number of hydrogen-bond acceptors (Lipinski definition) is 3. The number of amides is 2. The van der Waals surface area contributed by atoms with Crippen molar-refractivity contribution in [1.82, 2.24) is 10.2 Å². The Morgan fingerprint density at radius 1 is 1.00 bits per heavy atom. The van der Waals surface area contributed by atoms with Crippen molar-refractivity contribution in [2.24, 2.45) is 5.92 Å². The molecule has 1 fully saturated rings. The molecule has 29 heavy (non-hydrogen) atoms. The van der Waals surface area contributed by atoms with Crippen LogP contribution in [0.25, 0.3) is 0 Å². The predicted molar refractivity (Wildman–Crippen MR) is 117 cm³/mol. The molecular formula is C23H28ClN3O2. The number of anilines is 1. The van der Waals surface area contributed by atoms with E-state index in [4.69, 9.17) is 5.73 Å². The molecule has 6 heteroatoms. The Labute approximate surface area is 178 Å². The fourth-order valence-electron chi connectivity index (χ4n) is 4.38. The van der Waals surface area contributed by atoms with Crippen molar-refractivity contribution in [3.8, 4) is 0 Å². The van der Waals surface area contributed by atoms with Gasteiger partial charge in [-0.1, -0.05) is 24.3 Å². The van der Waals surface area contributed by atoms with Crippen LogP contribution < -0.4 is 11.1 Å². The predicted octanol–water partition coefficient (Wildman–Crippen LogP) is 3.74. The first-order chi connectivity index (χ1) is 13.6. The third kappa shape index (κ3) is 4.73. The minimum absolute atomic E-state index is 0. The number of nitrogens with zero attached hydrogens (tertiary/aromatic N) is 1. The summed E-state index contributed by atoms with van der Waals surface area (Å²) in [7, 11) is 0. The maximum absolute atomic E-state index is 12.9. The number of nitrogens with one attached hydrogen (secondary N) is 1. The van der Waals surface area contributed by atoms with Crippen LogP contribution >= 0.6 is 12.4 Å². The highest BCUT2D eigenvalue weighted by molar-refractivity contribution is 5.94. The lowest BCUT2D eigenvalue weighted by atomic mass is 9.86. The summed E-state index contributed by atoms with van der Waals surface area (Å²) >= 11 is 0. The van der Waals surface area contributed by atoms with Gasteiger partial charge in [0.25, 0.3) is 5.91 Å². The smallest absolute Gasteiger partial charge is 0.253 e. The Balaban J connectivity index is 0.00000240. The van der Waals surface area contributed by atoms with E-state index in [1.807, 2.05) is 47.4 Å². The summed E-state index contributed by atoms with van der Waals surface area (Å²) in [5.41, 5.74) is 9.85. The van der Waals surface area contributed by atoms with Crippen molar-refractivity contribution < 1.29 is 9.59 Å². The number of halogens is 1. The summed E-state index contributed by atoms with van der Waals surface area (Å²) in [6.07, 6.45) is 4.48. The molecule has 0 saturated carbocycles. The maximum Gasteiger partial charge on any atom is 0.253 e. The summed E-state index contributed by atoms with van der Waals surface area (Å²) < 4.78 is 0. The third-order valence-electron chi connectivity index (χ3n) is 5.97. The number of aryl methyl sites for hydroxylation is 1. The second kappa shape index (κ2) is 9.31. The molecule has 1 unspecified atom stereocenters. The molecule has 2 aromatic carbocycles. The molecule has 2 aliphatic rings. The van der Waals surface area contributed by atoms with Crippen LogP contribution in [0.2, 0.25) is 0 Å². The van der Waals surface area contributed by atoms with E-state index in [1.165, 1.54) is 11.1 Å². The molecule has 1 heterocycles. The Morgan fingerprint density at radius 2 is 1.72 bits per heavy atom. The molecule has 0 radical (unpaired) electrons. The number of hydrogen-bond donors (Lipinski definition) is 2. The number of likely N-dealkylation sites (tertiary alicyclic amines) is 1. The van der Waals surface area contributed by atoms with Crippen LogP contribution in [-0.4, -0.2) is 29.8 Å². The highest BCUT2D eigenvalue weighted by Crippen LogP contribution is 2.31. The molecule has 1 aliphatic carbocycles. The monoisotopic (exact) mass is 413 g/mol. The van der Waals surface area contributed by atoms with Crippen LogP contribution in [0, 0.1) is 5.92 Å². The van der Waals surface area contributed by atoms with Gasteiger partial charge in [0, 0.05) is 30.3 Å². The SMILES string of the molecule is Cl.Nc1ccc2c(c1)CCCC2NC(=O)C1CCN(C(=O)c2ccccc2)CC1. The first-order valence-electron chi connectivity index (χ1n) is 10.1. The van der Waals surface area contributed by atoms with Crippen molar-refractivity contribution in [2.45, 2.75) is 38.1 Å². The molecule has 1 saturated heterocycles. The molecule has 2 amide bonds. The van der Waals surface area contributed by atoms with Gasteiger partial charge in [0.2, 0.25) is 5.91 Å². The largest absolute Gasteiger partial charge is 0.399 e. The number of carbonyl (C=O) groups is 2. The van der Waals surface area contributed by atoms with Gasteiger partial charge in [0.1, 0.15) is 0 Å². The molecule has 0 spiro atoms. The minimum atomic E-state index is -0.0287. The second-order valence-electron chi connectivity index (χ2n) is 7.84. The maximum atomic E-state index is 12.9. The van der Waals surface area contributed by atoms with Crippen LogP contribution in [0.15, 0.2) is 48.5 Å². The fraction of sp³-hybridized carbons (Fsp3) is 0.391. The highest BCUT2D eigenvalue weighted by Gasteiger charge is 2.30. The van der Waals surface area contributed by atoms with E-state index in [-0.39, 0.29) is 36.2 Å². The summed E-state index contributed by atoms with van der Waals surface area (Å²) in [5, 5.41) is 3.26. The third-order valence-corrected chi connectivity index (χ3v) is 5.97. The zero-order chi connectivity index (χ0) is 19.5. The Kier molecular flexibility index (Phi) is 6.80. The quantitative estimate of drug-likeness (QED) is 0.752. The van der Waals surface area contributed by atoms with Gasteiger partial charge in [-0.2, -0.15) is 0 Å². The van der Waals surface area contributed by atoms with Gasteiger partial charge in [0.15, 0.2) is 0 Å². The van der Waals surface area contributed by atoms with E-state index >= 15 is 0 Å². The van der Waals surface area contributed by atoms with Crippen LogP contribution in [0.3, 0.4) is 0 Å². The van der Waals surface area contributed by atoms with E-state index in [9.17, 15) is 9.59 Å². The first kappa shape index (κ1) is 21.2. The molecule has 2 aromatic rings. The van der Waals surface area contributed by atoms with E-state index in [0.717, 1.165) is 24.9 Å². The van der Waals surface area contributed by atoms with Gasteiger partial charge < -0.3 is 16.0 Å². The average Bonchev–Trinajstić information content (AvgIpc) is 2.74. The first-order valence-corrected chi connectivity index (χ1v) is 10.1. The summed E-state index contributed by atoms with van der Waals surface area (Å²) in [6.45, 7) is 1.26. The average molecular weight is 414 g/mol. The van der Waals surface area contributed by atoms with Crippen LogP contribution in [0.5, 0.6) is 0 Å². The van der Waals surface area contributed by atoms with Crippen molar-refractivity contribution in [3.63, 3.8) is 0 Å². The number of rotatable bonds is 3.